The molecule has 1 saturated carbocycles. The number of nitrogens with zero attached hydrogens (tertiary/aromatic N) is 2. The van der Waals surface area contributed by atoms with Crippen LogP contribution in [0.2, 0.25) is 0 Å². The highest BCUT2D eigenvalue weighted by atomic mass is 19.1. The van der Waals surface area contributed by atoms with E-state index in [1.165, 1.54) is 0 Å². The zero-order valence-electron chi connectivity index (χ0n) is 11.0. The van der Waals surface area contributed by atoms with Gasteiger partial charge in [-0.25, -0.2) is 9.18 Å². The number of hydrogen-bond acceptors (Lipinski definition) is 4. The van der Waals surface area contributed by atoms with Crippen LogP contribution in [0, 0.1) is 15.9 Å². The second kappa shape index (κ2) is 5.44. The summed E-state index contributed by atoms with van der Waals surface area (Å²) >= 11 is 0. The van der Waals surface area contributed by atoms with E-state index in [9.17, 15) is 19.3 Å². The quantitative estimate of drug-likeness (QED) is 0.678. The van der Waals surface area contributed by atoms with E-state index in [0.29, 0.717) is 6.07 Å². The first-order valence-corrected chi connectivity index (χ1v) is 6.36. The fraction of sp³-hybridized carbons (Fsp3) is 0.462. The molecule has 108 valence electrons. The Morgan fingerprint density at radius 2 is 2.05 bits per heavy atom. The molecular weight excluding hydrogens is 267 g/mol. The van der Waals surface area contributed by atoms with E-state index in [-0.39, 0.29) is 11.7 Å². The number of hydrogen-bond donors (Lipinski definition) is 1. The van der Waals surface area contributed by atoms with Crippen LogP contribution < -0.4 is 4.90 Å². The lowest BCUT2D eigenvalue weighted by Gasteiger charge is -2.27. The van der Waals surface area contributed by atoms with Gasteiger partial charge >= 0.3 is 5.97 Å². The lowest BCUT2D eigenvalue weighted by atomic mass is 10.1. The maximum atomic E-state index is 14.0. The normalized spacial score (nSPS) is 15.3. The van der Waals surface area contributed by atoms with Gasteiger partial charge in [0.25, 0.3) is 5.69 Å². The number of benzene rings is 1. The molecule has 0 aromatic heterocycles. The average Bonchev–Trinajstić information content (AvgIpc) is 2.90. The maximum Gasteiger partial charge on any atom is 0.342 e. The fourth-order valence-corrected chi connectivity index (χ4v) is 2.63. The summed E-state index contributed by atoms with van der Waals surface area (Å²) in [6.45, 7) is 0. The second-order valence-corrected chi connectivity index (χ2v) is 4.93. The van der Waals surface area contributed by atoms with Crippen LogP contribution in [0.1, 0.15) is 36.0 Å². The Balaban J connectivity index is 2.45. The molecule has 1 N–H and O–H groups in total. The Bertz CT molecular complexity index is 556. The van der Waals surface area contributed by atoms with Gasteiger partial charge in [0.2, 0.25) is 0 Å². The average molecular weight is 282 g/mol. The molecule has 1 aromatic carbocycles. The first kappa shape index (κ1) is 14.2. The predicted molar refractivity (Wildman–Crippen MR) is 70.7 cm³/mol. The molecule has 0 bridgehead atoms. The second-order valence-electron chi connectivity index (χ2n) is 4.93. The summed E-state index contributed by atoms with van der Waals surface area (Å²) in [4.78, 5) is 22.7. The van der Waals surface area contributed by atoms with E-state index in [0.717, 1.165) is 31.7 Å². The van der Waals surface area contributed by atoms with E-state index in [4.69, 9.17) is 5.11 Å². The standard InChI is InChI=1S/C13H15FN2O4/c1-15(8-4-2-3-5-8)12-6-9(13(17)18)11(16(19)20)7-10(12)14/h6-8H,2-5H2,1H3,(H,17,18). The molecule has 2 rings (SSSR count). The van der Waals surface area contributed by atoms with Crippen LogP contribution in [-0.4, -0.2) is 29.1 Å². The molecule has 0 radical (unpaired) electrons. The van der Waals surface area contributed by atoms with Crippen LogP contribution >= 0.6 is 0 Å². The molecule has 0 atom stereocenters. The summed E-state index contributed by atoms with van der Waals surface area (Å²) in [6, 6.07) is 1.88. The molecular formula is C13H15FN2O4. The number of rotatable bonds is 4. The van der Waals surface area contributed by atoms with Crippen LogP contribution in [0.3, 0.4) is 0 Å². The van der Waals surface area contributed by atoms with Crippen LogP contribution in [0.4, 0.5) is 15.8 Å². The van der Waals surface area contributed by atoms with Crippen molar-refractivity contribution in [1.29, 1.82) is 0 Å². The van der Waals surface area contributed by atoms with Crippen molar-refractivity contribution in [2.24, 2.45) is 0 Å². The molecule has 1 aliphatic rings. The lowest BCUT2D eigenvalue weighted by Crippen LogP contribution is -2.29. The Hall–Kier alpha value is -2.18. The molecule has 20 heavy (non-hydrogen) atoms. The number of halogens is 1. The zero-order valence-corrected chi connectivity index (χ0v) is 11.0. The molecule has 0 amide bonds. The van der Waals surface area contributed by atoms with E-state index < -0.39 is 28.0 Å². The summed E-state index contributed by atoms with van der Waals surface area (Å²) in [6.07, 6.45) is 3.93. The molecule has 0 heterocycles. The molecule has 0 unspecified atom stereocenters. The van der Waals surface area contributed by atoms with Crippen molar-refractivity contribution in [2.45, 2.75) is 31.7 Å². The minimum Gasteiger partial charge on any atom is -0.477 e. The molecule has 0 saturated heterocycles. The third kappa shape index (κ3) is 2.56. The van der Waals surface area contributed by atoms with E-state index in [1.807, 2.05) is 0 Å². The number of nitro benzene ring substituents is 1. The molecule has 0 aliphatic heterocycles. The van der Waals surface area contributed by atoms with E-state index in [2.05, 4.69) is 0 Å². The Kier molecular flexibility index (Phi) is 3.87. The molecule has 0 spiro atoms. The monoisotopic (exact) mass is 282 g/mol. The number of anilines is 1. The summed E-state index contributed by atoms with van der Waals surface area (Å²) in [5.41, 5.74) is -1.12. The fourth-order valence-electron chi connectivity index (χ4n) is 2.63. The highest BCUT2D eigenvalue weighted by Gasteiger charge is 2.27. The van der Waals surface area contributed by atoms with Crippen LogP contribution in [0.5, 0.6) is 0 Å². The van der Waals surface area contributed by atoms with Gasteiger partial charge in [0.15, 0.2) is 5.82 Å². The van der Waals surface area contributed by atoms with Crippen LogP contribution in [-0.2, 0) is 0 Å². The Morgan fingerprint density at radius 1 is 1.45 bits per heavy atom. The molecule has 6 nitrogen and oxygen atoms in total. The minimum atomic E-state index is -1.43. The molecule has 7 heteroatoms. The van der Waals surface area contributed by atoms with Crippen LogP contribution in [0.15, 0.2) is 12.1 Å². The van der Waals surface area contributed by atoms with Gasteiger partial charge in [0.1, 0.15) is 5.56 Å². The van der Waals surface area contributed by atoms with Gasteiger partial charge in [-0.15, -0.1) is 0 Å². The third-order valence-electron chi connectivity index (χ3n) is 3.74. The summed E-state index contributed by atoms with van der Waals surface area (Å²) in [5, 5.41) is 19.8. The summed E-state index contributed by atoms with van der Waals surface area (Å²) in [7, 11) is 1.69. The molecule has 1 aliphatic carbocycles. The van der Waals surface area contributed by atoms with Crippen molar-refractivity contribution in [3.63, 3.8) is 0 Å². The van der Waals surface area contributed by atoms with Gasteiger partial charge < -0.3 is 10.0 Å². The van der Waals surface area contributed by atoms with Crippen molar-refractivity contribution in [3.8, 4) is 0 Å². The third-order valence-corrected chi connectivity index (χ3v) is 3.74. The largest absolute Gasteiger partial charge is 0.477 e. The first-order valence-electron chi connectivity index (χ1n) is 6.36. The zero-order chi connectivity index (χ0) is 14.9. The lowest BCUT2D eigenvalue weighted by molar-refractivity contribution is -0.385. The molecule has 1 aromatic rings. The summed E-state index contributed by atoms with van der Waals surface area (Å²) < 4.78 is 14.0. The van der Waals surface area contributed by atoms with Crippen molar-refractivity contribution in [2.75, 3.05) is 11.9 Å². The van der Waals surface area contributed by atoms with Crippen molar-refractivity contribution in [3.05, 3.63) is 33.6 Å². The number of nitro groups is 1. The van der Waals surface area contributed by atoms with Gasteiger partial charge in [-0.3, -0.25) is 10.1 Å². The number of aromatic carboxylic acids is 1. The van der Waals surface area contributed by atoms with Crippen LogP contribution in [0.25, 0.3) is 0 Å². The van der Waals surface area contributed by atoms with Gasteiger partial charge in [0, 0.05) is 13.1 Å². The number of carbonyl (C=O) groups is 1. The maximum absolute atomic E-state index is 14.0. The van der Waals surface area contributed by atoms with Crippen molar-refractivity contribution in [1.82, 2.24) is 0 Å². The smallest absolute Gasteiger partial charge is 0.342 e. The number of carboxylic acids is 1. The number of carboxylic acid groups (broad SMARTS) is 1. The summed E-state index contributed by atoms with van der Waals surface area (Å²) in [5.74, 6) is -2.20. The van der Waals surface area contributed by atoms with E-state index >= 15 is 0 Å². The van der Waals surface area contributed by atoms with Gasteiger partial charge in [-0.1, -0.05) is 12.8 Å². The Labute approximate surface area is 115 Å². The molecule has 1 fully saturated rings. The van der Waals surface area contributed by atoms with Gasteiger partial charge in [-0.2, -0.15) is 0 Å². The topological polar surface area (TPSA) is 83.7 Å². The van der Waals surface area contributed by atoms with Crippen molar-refractivity contribution < 1.29 is 19.2 Å². The van der Waals surface area contributed by atoms with Gasteiger partial charge in [0.05, 0.1) is 16.7 Å². The SMILES string of the molecule is CN(c1cc(C(=O)O)c([N+](=O)[O-])cc1F)C1CCCC1. The van der Waals surface area contributed by atoms with E-state index in [1.54, 1.807) is 11.9 Å². The highest BCUT2D eigenvalue weighted by molar-refractivity contribution is 5.93. The highest BCUT2D eigenvalue weighted by Crippen LogP contribution is 2.32. The Morgan fingerprint density at radius 3 is 2.55 bits per heavy atom. The predicted octanol–water partition coefficient (Wildman–Crippen LogP) is 2.81. The minimum absolute atomic E-state index is 0.0971. The van der Waals surface area contributed by atoms with Crippen molar-refractivity contribution >= 4 is 17.3 Å². The first-order chi connectivity index (χ1) is 9.41. The van der Waals surface area contributed by atoms with Gasteiger partial charge in [-0.05, 0) is 18.9 Å².